The summed E-state index contributed by atoms with van der Waals surface area (Å²) in [4.78, 5) is 19.7. The number of likely N-dealkylation sites (tertiary alicyclic amines) is 1. The third kappa shape index (κ3) is 4.44. The van der Waals surface area contributed by atoms with Crippen molar-refractivity contribution in [2.75, 3.05) is 25.5 Å². The molecule has 1 N–H and O–H groups in total. The van der Waals surface area contributed by atoms with Gasteiger partial charge in [0.1, 0.15) is 11.6 Å². The van der Waals surface area contributed by atoms with E-state index in [9.17, 15) is 4.79 Å². The van der Waals surface area contributed by atoms with Gasteiger partial charge in [0.15, 0.2) is 6.10 Å². The molecule has 1 aliphatic rings. The number of aryl methyl sites for hydroxylation is 1. The first-order chi connectivity index (χ1) is 14.7. The van der Waals surface area contributed by atoms with E-state index in [-0.39, 0.29) is 11.9 Å². The molecule has 0 aliphatic carbocycles. The number of nitrogens with zero attached hydrogens (tertiary/aromatic N) is 5. The van der Waals surface area contributed by atoms with Gasteiger partial charge in [-0.25, -0.2) is 9.67 Å². The van der Waals surface area contributed by atoms with Crippen LogP contribution >= 0.6 is 0 Å². The number of anilines is 1. The molecule has 1 aromatic carbocycles. The number of carbonyl (C=O) groups is 1. The van der Waals surface area contributed by atoms with Gasteiger partial charge in [0.05, 0.1) is 18.8 Å². The topological polar surface area (TPSA) is 77.2 Å². The minimum atomic E-state index is -0.658. The number of hydrogen-bond acceptors (Lipinski definition) is 5. The van der Waals surface area contributed by atoms with E-state index in [1.165, 1.54) is 0 Å². The summed E-state index contributed by atoms with van der Waals surface area (Å²) < 4.78 is 9.45. The molecule has 2 aromatic heterocycles. The Kier molecular flexibility index (Phi) is 6.25. The largest absolute Gasteiger partial charge is 0.367 e. The van der Waals surface area contributed by atoms with Crippen LogP contribution in [0.3, 0.4) is 0 Å². The number of piperidine rings is 1. The minimum absolute atomic E-state index is 0.197. The molecule has 1 aliphatic heterocycles. The Balaban J connectivity index is 1.38. The third-order valence-electron chi connectivity index (χ3n) is 5.69. The van der Waals surface area contributed by atoms with Crippen LogP contribution in [-0.4, -0.2) is 50.3 Å². The van der Waals surface area contributed by atoms with Crippen molar-refractivity contribution in [2.45, 2.75) is 31.5 Å². The van der Waals surface area contributed by atoms with E-state index in [1.807, 2.05) is 60.5 Å². The van der Waals surface area contributed by atoms with Crippen molar-refractivity contribution >= 4 is 11.7 Å². The molecule has 3 aromatic rings. The molecule has 30 heavy (non-hydrogen) atoms. The highest BCUT2D eigenvalue weighted by Gasteiger charge is 2.26. The van der Waals surface area contributed by atoms with Crippen LogP contribution in [0.5, 0.6) is 0 Å². The third-order valence-corrected chi connectivity index (χ3v) is 5.69. The van der Waals surface area contributed by atoms with Crippen LogP contribution < -0.4 is 5.32 Å². The van der Waals surface area contributed by atoms with Crippen LogP contribution in [0.15, 0.2) is 55.0 Å². The van der Waals surface area contributed by atoms with E-state index >= 15 is 0 Å². The van der Waals surface area contributed by atoms with Crippen molar-refractivity contribution in [1.82, 2.24) is 24.2 Å². The number of carbonyl (C=O) groups excluding carboxylic acids is 1. The van der Waals surface area contributed by atoms with Crippen LogP contribution in [0.4, 0.5) is 5.82 Å². The fraction of sp³-hybridized carbons (Fsp3) is 0.409. The number of amides is 1. The molecular formula is C22H28N6O2. The Labute approximate surface area is 176 Å². The van der Waals surface area contributed by atoms with Crippen LogP contribution in [0, 0.1) is 0 Å². The van der Waals surface area contributed by atoms with Crippen LogP contribution in [-0.2, 0) is 23.1 Å². The Bertz CT molecular complexity index is 959. The molecule has 1 atom stereocenters. The van der Waals surface area contributed by atoms with Crippen molar-refractivity contribution in [1.29, 1.82) is 0 Å². The van der Waals surface area contributed by atoms with Gasteiger partial charge in [-0.2, -0.15) is 5.10 Å². The number of methoxy groups -OCH3 is 1. The number of rotatable bonds is 7. The maximum Gasteiger partial charge on any atom is 0.259 e. The van der Waals surface area contributed by atoms with Crippen molar-refractivity contribution in [3.8, 4) is 0 Å². The van der Waals surface area contributed by atoms with Crippen LogP contribution in [0.2, 0.25) is 0 Å². The first kappa shape index (κ1) is 20.3. The average molecular weight is 409 g/mol. The Morgan fingerprint density at radius 2 is 1.97 bits per heavy atom. The lowest BCUT2D eigenvalue weighted by Gasteiger charge is -2.32. The molecule has 8 heteroatoms. The number of nitrogens with one attached hydrogen (secondary N) is 1. The van der Waals surface area contributed by atoms with E-state index in [2.05, 4.69) is 24.9 Å². The second kappa shape index (κ2) is 9.23. The summed E-state index contributed by atoms with van der Waals surface area (Å²) in [5.41, 5.74) is 0.825. The summed E-state index contributed by atoms with van der Waals surface area (Å²) in [6.45, 7) is 2.79. The fourth-order valence-electron chi connectivity index (χ4n) is 3.99. The summed E-state index contributed by atoms with van der Waals surface area (Å²) in [5, 5.41) is 7.49. The summed E-state index contributed by atoms with van der Waals surface area (Å²) in [6.07, 6.45) is 6.84. The standard InChI is InChI=1S/C22H28N6O2/c1-26-15-12-23-20(26)16-27-13-9-18(10-14-27)28-19(8-11-24-28)25-22(29)21(30-2)17-6-4-3-5-7-17/h3-8,11-12,15,18,21H,9-10,13-14,16H2,1-2H3,(H,25,29). The molecule has 0 radical (unpaired) electrons. The summed E-state index contributed by atoms with van der Waals surface area (Å²) in [5.74, 6) is 1.59. The summed E-state index contributed by atoms with van der Waals surface area (Å²) in [6, 6.07) is 11.6. The molecule has 1 unspecified atom stereocenters. The predicted octanol–water partition coefficient (Wildman–Crippen LogP) is 2.78. The van der Waals surface area contributed by atoms with Gasteiger partial charge in [0, 0.05) is 45.7 Å². The lowest BCUT2D eigenvalue weighted by molar-refractivity contribution is -0.126. The highest BCUT2D eigenvalue weighted by molar-refractivity contribution is 5.94. The van der Waals surface area contributed by atoms with Gasteiger partial charge in [-0.1, -0.05) is 30.3 Å². The van der Waals surface area contributed by atoms with Crippen molar-refractivity contribution in [3.05, 3.63) is 66.4 Å². The lowest BCUT2D eigenvalue weighted by atomic mass is 10.1. The molecule has 0 bridgehead atoms. The van der Waals surface area contributed by atoms with Crippen molar-refractivity contribution in [2.24, 2.45) is 7.05 Å². The molecule has 1 saturated heterocycles. The Hall–Kier alpha value is -2.97. The first-order valence-electron chi connectivity index (χ1n) is 10.3. The highest BCUT2D eigenvalue weighted by atomic mass is 16.5. The van der Waals surface area contributed by atoms with E-state index in [4.69, 9.17) is 4.74 Å². The number of ether oxygens (including phenoxy) is 1. The molecule has 1 fully saturated rings. The quantitative estimate of drug-likeness (QED) is 0.651. The van der Waals surface area contributed by atoms with Gasteiger partial charge < -0.3 is 14.6 Å². The molecule has 0 saturated carbocycles. The van der Waals surface area contributed by atoms with E-state index < -0.39 is 6.10 Å². The maximum absolute atomic E-state index is 12.8. The van der Waals surface area contributed by atoms with E-state index in [0.29, 0.717) is 5.82 Å². The number of hydrogen-bond donors (Lipinski definition) is 1. The number of aromatic nitrogens is 4. The highest BCUT2D eigenvalue weighted by Crippen LogP contribution is 2.27. The second-order valence-electron chi connectivity index (χ2n) is 7.64. The molecule has 4 rings (SSSR count). The molecular weight excluding hydrogens is 380 g/mol. The molecule has 3 heterocycles. The number of imidazole rings is 1. The second-order valence-corrected chi connectivity index (χ2v) is 7.64. The van der Waals surface area contributed by atoms with Gasteiger partial charge >= 0.3 is 0 Å². The van der Waals surface area contributed by atoms with Crippen LogP contribution in [0.1, 0.15) is 36.4 Å². The minimum Gasteiger partial charge on any atom is -0.367 e. The predicted molar refractivity (Wildman–Crippen MR) is 114 cm³/mol. The van der Waals surface area contributed by atoms with Crippen molar-refractivity contribution < 1.29 is 9.53 Å². The SMILES string of the molecule is COC(C(=O)Nc1ccnn1C1CCN(Cc2nccn2C)CC1)c1ccccc1. The summed E-state index contributed by atoms with van der Waals surface area (Å²) in [7, 11) is 3.57. The van der Waals surface area contributed by atoms with Gasteiger partial charge in [-0.15, -0.1) is 0 Å². The summed E-state index contributed by atoms with van der Waals surface area (Å²) >= 11 is 0. The molecule has 8 nitrogen and oxygen atoms in total. The lowest BCUT2D eigenvalue weighted by Crippen LogP contribution is -2.35. The normalized spacial score (nSPS) is 16.5. The molecule has 0 spiro atoms. The molecule has 158 valence electrons. The van der Waals surface area contributed by atoms with Gasteiger partial charge in [-0.05, 0) is 18.4 Å². The van der Waals surface area contributed by atoms with E-state index in [0.717, 1.165) is 43.9 Å². The number of benzene rings is 1. The smallest absolute Gasteiger partial charge is 0.259 e. The first-order valence-corrected chi connectivity index (χ1v) is 10.3. The van der Waals surface area contributed by atoms with Gasteiger partial charge in [0.25, 0.3) is 5.91 Å². The van der Waals surface area contributed by atoms with Gasteiger partial charge in [-0.3, -0.25) is 9.69 Å². The van der Waals surface area contributed by atoms with Gasteiger partial charge in [0.2, 0.25) is 0 Å². The maximum atomic E-state index is 12.8. The zero-order valence-electron chi connectivity index (χ0n) is 17.4. The van der Waals surface area contributed by atoms with Crippen molar-refractivity contribution in [3.63, 3.8) is 0 Å². The fourth-order valence-corrected chi connectivity index (χ4v) is 3.99. The monoisotopic (exact) mass is 408 g/mol. The average Bonchev–Trinajstić information content (AvgIpc) is 3.39. The Morgan fingerprint density at radius 1 is 1.20 bits per heavy atom. The zero-order chi connectivity index (χ0) is 20.9. The van der Waals surface area contributed by atoms with Crippen LogP contribution in [0.25, 0.3) is 0 Å². The Morgan fingerprint density at radius 3 is 2.63 bits per heavy atom. The van der Waals surface area contributed by atoms with E-state index in [1.54, 1.807) is 13.3 Å². The molecule has 1 amide bonds. The zero-order valence-corrected chi connectivity index (χ0v) is 17.4.